The molecule has 0 aliphatic rings. The second-order valence-electron chi connectivity index (χ2n) is 5.17. The second kappa shape index (κ2) is 6.33. The fourth-order valence-corrected chi connectivity index (χ4v) is 2.60. The number of rotatable bonds is 4. The predicted octanol–water partition coefficient (Wildman–Crippen LogP) is 3.50. The van der Waals surface area contributed by atoms with Crippen molar-refractivity contribution < 1.29 is 14.7 Å². The molecule has 3 rings (SSSR count). The summed E-state index contributed by atoms with van der Waals surface area (Å²) in [4.78, 5) is 28.0. The van der Waals surface area contributed by atoms with Crippen LogP contribution in [0.1, 0.15) is 33.5 Å². The van der Waals surface area contributed by atoms with Gasteiger partial charge in [0.2, 0.25) is 0 Å². The van der Waals surface area contributed by atoms with E-state index in [4.69, 9.17) is 16.7 Å². The molecule has 0 atom stereocenters. The van der Waals surface area contributed by atoms with E-state index in [0.717, 1.165) is 0 Å². The highest BCUT2D eigenvalue weighted by Gasteiger charge is 2.18. The third-order valence-corrected chi connectivity index (χ3v) is 3.84. The van der Waals surface area contributed by atoms with Crippen LogP contribution in [0.3, 0.4) is 0 Å². The first-order valence-corrected chi connectivity index (χ1v) is 7.68. The van der Waals surface area contributed by atoms with Gasteiger partial charge in [-0.1, -0.05) is 18.5 Å². The Kier molecular flexibility index (Phi) is 4.22. The molecular formula is C17H14ClN3O3. The predicted molar refractivity (Wildman–Crippen MR) is 90.9 cm³/mol. The summed E-state index contributed by atoms with van der Waals surface area (Å²) in [5.41, 5.74) is 2.37. The number of halogens is 1. The van der Waals surface area contributed by atoms with Gasteiger partial charge in [0.05, 0.1) is 11.3 Å². The number of benzene rings is 1. The Morgan fingerprint density at radius 3 is 2.58 bits per heavy atom. The SMILES string of the molecule is CCc1nc2cc(Cl)ccn2c1C(=O)Nc1ccc(C(=O)O)cc1. The van der Waals surface area contributed by atoms with Crippen LogP contribution in [0.15, 0.2) is 42.6 Å². The number of aromatic nitrogens is 2. The number of carboxylic acids is 1. The van der Waals surface area contributed by atoms with Crippen LogP contribution in [-0.2, 0) is 6.42 Å². The summed E-state index contributed by atoms with van der Waals surface area (Å²) < 4.78 is 1.69. The number of fused-ring (bicyclic) bond motifs is 1. The lowest BCUT2D eigenvalue weighted by molar-refractivity contribution is 0.0696. The number of carbonyl (C=O) groups is 2. The zero-order chi connectivity index (χ0) is 17.3. The topological polar surface area (TPSA) is 83.7 Å². The number of hydrogen-bond donors (Lipinski definition) is 2. The Balaban J connectivity index is 1.94. The Morgan fingerprint density at radius 1 is 1.25 bits per heavy atom. The number of aryl methyl sites for hydroxylation is 1. The number of nitrogens with zero attached hydrogens (tertiary/aromatic N) is 2. The molecule has 2 heterocycles. The van der Waals surface area contributed by atoms with E-state index >= 15 is 0 Å². The lowest BCUT2D eigenvalue weighted by Crippen LogP contribution is -2.16. The first kappa shape index (κ1) is 16.0. The Morgan fingerprint density at radius 2 is 1.96 bits per heavy atom. The molecule has 122 valence electrons. The van der Waals surface area contributed by atoms with Crippen LogP contribution in [0.25, 0.3) is 5.65 Å². The highest BCUT2D eigenvalue weighted by molar-refractivity contribution is 6.30. The van der Waals surface area contributed by atoms with Crippen molar-refractivity contribution in [3.05, 3.63) is 64.6 Å². The van der Waals surface area contributed by atoms with Crippen molar-refractivity contribution in [3.63, 3.8) is 0 Å². The van der Waals surface area contributed by atoms with Gasteiger partial charge in [-0.05, 0) is 36.8 Å². The van der Waals surface area contributed by atoms with Gasteiger partial charge in [-0.15, -0.1) is 0 Å². The highest BCUT2D eigenvalue weighted by atomic mass is 35.5. The molecule has 1 amide bonds. The number of pyridine rings is 1. The van der Waals surface area contributed by atoms with E-state index in [9.17, 15) is 9.59 Å². The zero-order valence-corrected chi connectivity index (χ0v) is 13.5. The molecule has 0 fully saturated rings. The molecule has 0 saturated heterocycles. The van der Waals surface area contributed by atoms with Crippen LogP contribution in [-0.4, -0.2) is 26.4 Å². The van der Waals surface area contributed by atoms with E-state index in [1.807, 2.05) is 6.92 Å². The van der Waals surface area contributed by atoms with Crippen LogP contribution in [0.5, 0.6) is 0 Å². The normalized spacial score (nSPS) is 10.8. The summed E-state index contributed by atoms with van der Waals surface area (Å²) in [5.74, 6) is -1.33. The Labute approximate surface area is 142 Å². The number of carboxylic acid groups (broad SMARTS) is 1. The van der Waals surface area contributed by atoms with Crippen molar-refractivity contribution in [2.75, 3.05) is 5.32 Å². The molecule has 24 heavy (non-hydrogen) atoms. The smallest absolute Gasteiger partial charge is 0.335 e. The molecule has 0 radical (unpaired) electrons. The highest BCUT2D eigenvalue weighted by Crippen LogP contribution is 2.19. The monoisotopic (exact) mass is 343 g/mol. The van der Waals surface area contributed by atoms with Crippen molar-refractivity contribution in [2.24, 2.45) is 0 Å². The van der Waals surface area contributed by atoms with E-state index in [0.29, 0.717) is 34.2 Å². The van der Waals surface area contributed by atoms with Gasteiger partial charge in [-0.25, -0.2) is 9.78 Å². The molecule has 0 aliphatic carbocycles. The van der Waals surface area contributed by atoms with Gasteiger partial charge in [-0.3, -0.25) is 9.20 Å². The number of aromatic carboxylic acids is 1. The lowest BCUT2D eigenvalue weighted by atomic mass is 10.2. The Bertz CT molecular complexity index is 932. The van der Waals surface area contributed by atoms with Crippen LogP contribution >= 0.6 is 11.6 Å². The first-order chi connectivity index (χ1) is 11.5. The summed E-state index contributed by atoms with van der Waals surface area (Å²) in [6.45, 7) is 1.92. The van der Waals surface area contributed by atoms with Crippen molar-refractivity contribution in [1.29, 1.82) is 0 Å². The molecule has 0 spiro atoms. The van der Waals surface area contributed by atoms with Crippen LogP contribution in [0.4, 0.5) is 5.69 Å². The molecule has 0 unspecified atom stereocenters. The molecular weight excluding hydrogens is 330 g/mol. The zero-order valence-electron chi connectivity index (χ0n) is 12.8. The fourth-order valence-electron chi connectivity index (χ4n) is 2.44. The molecule has 2 N–H and O–H groups in total. The number of imidazole rings is 1. The molecule has 0 saturated carbocycles. The van der Waals surface area contributed by atoms with Gasteiger partial charge in [0, 0.05) is 23.0 Å². The van der Waals surface area contributed by atoms with Gasteiger partial charge in [0.1, 0.15) is 11.3 Å². The third-order valence-electron chi connectivity index (χ3n) is 3.60. The van der Waals surface area contributed by atoms with E-state index < -0.39 is 5.97 Å². The van der Waals surface area contributed by atoms with E-state index in [1.54, 1.807) is 34.9 Å². The molecule has 0 aliphatic heterocycles. The molecule has 2 aromatic heterocycles. The quantitative estimate of drug-likeness (QED) is 0.759. The summed E-state index contributed by atoms with van der Waals surface area (Å²) >= 11 is 5.97. The summed E-state index contributed by atoms with van der Waals surface area (Å²) in [6.07, 6.45) is 2.30. The maximum atomic E-state index is 12.7. The fraction of sp³-hybridized carbons (Fsp3) is 0.118. The van der Waals surface area contributed by atoms with Crippen LogP contribution in [0, 0.1) is 0 Å². The van der Waals surface area contributed by atoms with E-state index in [1.165, 1.54) is 12.1 Å². The van der Waals surface area contributed by atoms with Gasteiger partial charge in [-0.2, -0.15) is 0 Å². The first-order valence-electron chi connectivity index (χ1n) is 7.30. The second-order valence-corrected chi connectivity index (χ2v) is 5.61. The average Bonchev–Trinajstić information content (AvgIpc) is 2.92. The molecule has 6 nitrogen and oxygen atoms in total. The van der Waals surface area contributed by atoms with Gasteiger partial charge in [0.25, 0.3) is 5.91 Å². The maximum Gasteiger partial charge on any atom is 0.335 e. The number of hydrogen-bond acceptors (Lipinski definition) is 3. The van der Waals surface area contributed by atoms with Crippen molar-refractivity contribution in [3.8, 4) is 0 Å². The largest absolute Gasteiger partial charge is 0.478 e. The summed E-state index contributed by atoms with van der Waals surface area (Å²) in [6, 6.07) is 9.35. The number of anilines is 1. The number of carbonyl (C=O) groups excluding carboxylic acids is 1. The lowest BCUT2D eigenvalue weighted by Gasteiger charge is -2.07. The standard InChI is InChI=1S/C17H14ClN3O3/c1-2-13-15(21-8-7-11(18)9-14(21)20-13)16(22)19-12-5-3-10(4-6-12)17(23)24/h3-9H,2H2,1H3,(H,19,22)(H,23,24). The van der Waals surface area contributed by atoms with Gasteiger partial charge < -0.3 is 10.4 Å². The minimum absolute atomic E-state index is 0.159. The number of nitrogens with one attached hydrogen (secondary N) is 1. The minimum Gasteiger partial charge on any atom is -0.478 e. The van der Waals surface area contributed by atoms with Crippen molar-refractivity contribution >= 4 is 34.8 Å². The average molecular weight is 344 g/mol. The Hall–Kier alpha value is -2.86. The van der Waals surface area contributed by atoms with Crippen molar-refractivity contribution in [2.45, 2.75) is 13.3 Å². The number of amides is 1. The van der Waals surface area contributed by atoms with Crippen LogP contribution < -0.4 is 5.32 Å². The van der Waals surface area contributed by atoms with E-state index in [2.05, 4.69) is 10.3 Å². The molecule has 7 heteroatoms. The minimum atomic E-state index is -1.01. The van der Waals surface area contributed by atoms with Crippen molar-refractivity contribution in [1.82, 2.24) is 9.38 Å². The third kappa shape index (κ3) is 2.96. The van der Waals surface area contributed by atoms with E-state index in [-0.39, 0.29) is 11.5 Å². The molecule has 3 aromatic rings. The molecule has 0 bridgehead atoms. The summed E-state index contributed by atoms with van der Waals surface area (Å²) in [5, 5.41) is 12.2. The maximum absolute atomic E-state index is 12.7. The van der Waals surface area contributed by atoms with Gasteiger partial charge >= 0.3 is 5.97 Å². The van der Waals surface area contributed by atoms with Crippen LogP contribution in [0.2, 0.25) is 5.02 Å². The summed E-state index contributed by atoms with van der Waals surface area (Å²) in [7, 11) is 0. The van der Waals surface area contributed by atoms with Gasteiger partial charge in [0.15, 0.2) is 0 Å². The molecule has 1 aromatic carbocycles.